The van der Waals surface area contributed by atoms with Gasteiger partial charge >= 0.3 is 0 Å². The molecule has 1 fully saturated rings. The Bertz CT molecular complexity index is 1110. The molecule has 1 aliphatic heterocycles. The Kier molecular flexibility index (Phi) is 7.55. The van der Waals surface area contributed by atoms with Gasteiger partial charge in [0.15, 0.2) is 17.0 Å². The van der Waals surface area contributed by atoms with Crippen LogP contribution in [-0.4, -0.2) is 59.9 Å². The number of anilines is 2. The van der Waals surface area contributed by atoms with Crippen LogP contribution in [0.4, 0.5) is 24.7 Å². The third kappa shape index (κ3) is 5.88. The molecule has 33 heavy (non-hydrogen) atoms. The number of hydrogen-bond donors (Lipinski definition) is 3. The third-order valence-corrected chi connectivity index (χ3v) is 6.15. The van der Waals surface area contributed by atoms with Gasteiger partial charge in [-0.15, -0.1) is 0 Å². The van der Waals surface area contributed by atoms with Gasteiger partial charge in [0.1, 0.15) is 41.5 Å². The molecule has 0 bridgehead atoms. The number of halogens is 3. The molecule has 1 aliphatic rings. The summed E-state index contributed by atoms with van der Waals surface area (Å²) in [4.78, 5) is 25.8. The van der Waals surface area contributed by atoms with Crippen molar-refractivity contribution in [3.8, 4) is 5.75 Å². The number of benzene rings is 1. The highest BCUT2D eigenvalue weighted by Crippen LogP contribution is 2.32. The summed E-state index contributed by atoms with van der Waals surface area (Å²) in [6.07, 6.45) is 1.51. The minimum Gasteiger partial charge on any atom is -0.488 e. The van der Waals surface area contributed by atoms with E-state index in [9.17, 15) is 18.0 Å². The second-order valence-electron chi connectivity index (χ2n) is 7.63. The first kappa shape index (κ1) is 23.2. The van der Waals surface area contributed by atoms with Crippen molar-refractivity contribution in [2.24, 2.45) is 5.92 Å². The van der Waals surface area contributed by atoms with Crippen LogP contribution in [0.3, 0.4) is 0 Å². The van der Waals surface area contributed by atoms with Crippen LogP contribution in [-0.2, 0) is 0 Å². The molecule has 1 saturated heterocycles. The Morgan fingerprint density at radius 3 is 2.91 bits per heavy atom. The summed E-state index contributed by atoms with van der Waals surface area (Å²) in [6, 6.07) is 3.64. The molecule has 0 spiro atoms. The molecule has 3 N–H and O–H groups in total. The quantitative estimate of drug-likeness (QED) is 0.432. The average Bonchev–Trinajstić information content (AvgIpc) is 3.28. The lowest BCUT2D eigenvalue weighted by Crippen LogP contribution is -2.35. The van der Waals surface area contributed by atoms with E-state index in [1.54, 1.807) is 0 Å². The van der Waals surface area contributed by atoms with Gasteiger partial charge in [-0.25, -0.2) is 28.1 Å². The maximum atomic E-state index is 13.7. The standard InChI is InChI=1S/C21H23F3N6O2S/c22-8-14(24)10-32-16-7-13(23)1-2-15(16)29-18-17-20(28-11-27-18)33-21(30-17)19(31)26-9-12-3-5-25-6-4-12/h1-2,7,11-12,14,25H,3-6,8-10H2,(H,26,31)(H,27,28,29). The van der Waals surface area contributed by atoms with Crippen LogP contribution in [0.25, 0.3) is 10.3 Å². The summed E-state index contributed by atoms with van der Waals surface area (Å²) in [5, 5.41) is 9.44. The number of aromatic nitrogens is 3. The van der Waals surface area contributed by atoms with Gasteiger partial charge in [0.25, 0.3) is 5.91 Å². The maximum absolute atomic E-state index is 13.7. The molecule has 0 saturated carbocycles. The minimum absolute atomic E-state index is 0.00645. The topological polar surface area (TPSA) is 101 Å². The number of carbonyl (C=O) groups is 1. The first-order valence-corrected chi connectivity index (χ1v) is 11.3. The number of ether oxygens (including phenoxy) is 1. The zero-order chi connectivity index (χ0) is 23.2. The maximum Gasteiger partial charge on any atom is 0.280 e. The largest absolute Gasteiger partial charge is 0.488 e. The Balaban J connectivity index is 1.51. The fourth-order valence-electron chi connectivity index (χ4n) is 3.41. The zero-order valence-electron chi connectivity index (χ0n) is 17.6. The number of nitrogens with zero attached hydrogens (tertiary/aromatic N) is 3. The van der Waals surface area contributed by atoms with Crippen LogP contribution < -0.4 is 20.7 Å². The van der Waals surface area contributed by atoms with Crippen molar-refractivity contribution in [3.63, 3.8) is 0 Å². The highest BCUT2D eigenvalue weighted by molar-refractivity contribution is 7.19. The van der Waals surface area contributed by atoms with Gasteiger partial charge in [-0.05, 0) is 44.0 Å². The highest BCUT2D eigenvalue weighted by Gasteiger charge is 2.19. The zero-order valence-corrected chi connectivity index (χ0v) is 18.4. The molecule has 3 aromatic rings. The lowest BCUT2D eigenvalue weighted by atomic mass is 9.98. The van der Waals surface area contributed by atoms with Gasteiger partial charge in [0, 0.05) is 12.6 Å². The summed E-state index contributed by atoms with van der Waals surface area (Å²) >= 11 is 1.13. The number of fused-ring (bicyclic) bond motifs is 1. The molecule has 1 atom stereocenters. The minimum atomic E-state index is -1.82. The van der Waals surface area contributed by atoms with Crippen molar-refractivity contribution >= 4 is 39.1 Å². The van der Waals surface area contributed by atoms with Crippen LogP contribution in [0, 0.1) is 11.7 Å². The molecular weight excluding hydrogens is 457 g/mol. The van der Waals surface area contributed by atoms with Crippen molar-refractivity contribution in [2.75, 3.05) is 38.2 Å². The van der Waals surface area contributed by atoms with E-state index >= 15 is 0 Å². The van der Waals surface area contributed by atoms with E-state index < -0.39 is 25.3 Å². The third-order valence-electron chi connectivity index (χ3n) is 5.18. The molecule has 4 rings (SSSR count). The van der Waals surface area contributed by atoms with Gasteiger partial charge < -0.3 is 20.7 Å². The van der Waals surface area contributed by atoms with Crippen molar-refractivity contribution in [1.82, 2.24) is 25.6 Å². The number of carbonyl (C=O) groups excluding carboxylic acids is 1. The van der Waals surface area contributed by atoms with E-state index in [0.717, 1.165) is 43.3 Å². The molecule has 3 heterocycles. The van der Waals surface area contributed by atoms with E-state index in [4.69, 9.17) is 4.74 Å². The fraction of sp³-hybridized carbons (Fsp3) is 0.429. The van der Waals surface area contributed by atoms with E-state index in [0.29, 0.717) is 22.8 Å². The fourth-order valence-corrected chi connectivity index (χ4v) is 4.24. The number of thiazole rings is 1. The van der Waals surface area contributed by atoms with Gasteiger partial charge in [0.05, 0.1) is 5.69 Å². The summed E-state index contributed by atoms with van der Waals surface area (Å²) < 4.78 is 44.6. The Labute approximate surface area is 192 Å². The van der Waals surface area contributed by atoms with Crippen LogP contribution in [0.2, 0.25) is 0 Å². The number of hydrogen-bond acceptors (Lipinski definition) is 8. The average molecular weight is 481 g/mol. The van der Waals surface area contributed by atoms with Gasteiger partial charge in [-0.2, -0.15) is 0 Å². The van der Waals surface area contributed by atoms with Gasteiger partial charge in [-0.3, -0.25) is 4.79 Å². The molecule has 12 heteroatoms. The number of amides is 1. The molecule has 2 aromatic heterocycles. The second-order valence-corrected chi connectivity index (χ2v) is 8.60. The van der Waals surface area contributed by atoms with Crippen LogP contribution in [0.1, 0.15) is 22.6 Å². The monoisotopic (exact) mass is 480 g/mol. The summed E-state index contributed by atoms with van der Waals surface area (Å²) in [5.41, 5.74) is 0.643. The predicted molar refractivity (Wildman–Crippen MR) is 119 cm³/mol. The summed E-state index contributed by atoms with van der Waals surface area (Å²) in [6.45, 7) is 0.706. The van der Waals surface area contributed by atoms with E-state index in [2.05, 4.69) is 30.9 Å². The lowest BCUT2D eigenvalue weighted by molar-refractivity contribution is 0.0944. The first-order valence-electron chi connectivity index (χ1n) is 10.5. The van der Waals surface area contributed by atoms with Crippen molar-refractivity contribution in [2.45, 2.75) is 19.0 Å². The Hall–Kier alpha value is -2.99. The molecule has 176 valence electrons. The highest BCUT2D eigenvalue weighted by atomic mass is 32.1. The smallest absolute Gasteiger partial charge is 0.280 e. The first-order chi connectivity index (χ1) is 16.0. The van der Waals surface area contributed by atoms with E-state index in [-0.39, 0.29) is 28.2 Å². The predicted octanol–water partition coefficient (Wildman–Crippen LogP) is 3.38. The molecule has 1 unspecified atom stereocenters. The van der Waals surface area contributed by atoms with Gasteiger partial charge in [-0.1, -0.05) is 11.3 Å². The molecule has 0 radical (unpaired) electrons. The molecule has 1 amide bonds. The normalized spacial score (nSPS) is 15.4. The lowest BCUT2D eigenvalue weighted by Gasteiger charge is -2.22. The SMILES string of the molecule is O=C(NCC1CCNCC1)c1nc2c(Nc3ccc(F)cc3OCC(F)CF)ncnc2s1. The summed E-state index contributed by atoms with van der Waals surface area (Å²) in [7, 11) is 0. The van der Waals surface area contributed by atoms with E-state index in [1.807, 2.05) is 0 Å². The van der Waals surface area contributed by atoms with Crippen molar-refractivity contribution in [1.29, 1.82) is 0 Å². The van der Waals surface area contributed by atoms with Crippen molar-refractivity contribution < 1.29 is 22.7 Å². The Morgan fingerprint density at radius 1 is 1.30 bits per heavy atom. The number of nitrogens with one attached hydrogen (secondary N) is 3. The van der Waals surface area contributed by atoms with Crippen LogP contribution in [0.15, 0.2) is 24.5 Å². The van der Waals surface area contributed by atoms with Crippen molar-refractivity contribution in [3.05, 3.63) is 35.4 Å². The molecular formula is C21H23F3N6O2S. The molecule has 8 nitrogen and oxygen atoms in total. The molecule has 0 aliphatic carbocycles. The Morgan fingerprint density at radius 2 is 2.12 bits per heavy atom. The number of piperidine rings is 1. The van der Waals surface area contributed by atoms with Crippen LogP contribution >= 0.6 is 11.3 Å². The molecule has 1 aromatic carbocycles. The summed E-state index contributed by atoms with van der Waals surface area (Å²) in [5.74, 6) is -0.186. The second kappa shape index (κ2) is 10.8. The van der Waals surface area contributed by atoms with Gasteiger partial charge in [0.2, 0.25) is 0 Å². The number of rotatable bonds is 9. The van der Waals surface area contributed by atoms with E-state index in [1.165, 1.54) is 18.5 Å². The van der Waals surface area contributed by atoms with Crippen LogP contribution in [0.5, 0.6) is 5.75 Å². The number of alkyl halides is 2.